The highest BCUT2D eigenvalue weighted by molar-refractivity contribution is 5.90. The lowest BCUT2D eigenvalue weighted by molar-refractivity contribution is -0.116. The van der Waals surface area contributed by atoms with Gasteiger partial charge in [-0.3, -0.25) is 4.79 Å². The quantitative estimate of drug-likeness (QED) is 0.864. The third-order valence-electron chi connectivity index (χ3n) is 3.74. The maximum Gasteiger partial charge on any atom is 0.224 e. The Morgan fingerprint density at radius 2 is 2.35 bits per heavy atom. The summed E-state index contributed by atoms with van der Waals surface area (Å²) >= 11 is 0. The number of nitrogens with zero attached hydrogens (tertiary/aromatic N) is 2. The van der Waals surface area contributed by atoms with E-state index in [4.69, 9.17) is 5.73 Å². The first kappa shape index (κ1) is 14.8. The molecule has 5 nitrogen and oxygen atoms in total. The van der Waals surface area contributed by atoms with Crippen molar-refractivity contribution in [1.82, 2.24) is 4.98 Å². The van der Waals surface area contributed by atoms with Crippen LogP contribution in [0.3, 0.4) is 0 Å². The lowest BCUT2D eigenvalue weighted by atomic mass is 10.0. The second-order valence-corrected chi connectivity index (χ2v) is 5.38. The van der Waals surface area contributed by atoms with Crippen molar-refractivity contribution in [2.75, 3.05) is 23.3 Å². The second-order valence-electron chi connectivity index (χ2n) is 5.38. The van der Waals surface area contributed by atoms with Gasteiger partial charge in [0, 0.05) is 19.0 Å². The first-order valence-electron chi connectivity index (χ1n) is 7.43. The number of nitrogens with one attached hydrogen (secondary N) is 1. The molecule has 2 rings (SSSR count). The average molecular weight is 276 g/mol. The predicted molar refractivity (Wildman–Crippen MR) is 81.8 cm³/mol. The first-order valence-corrected chi connectivity index (χ1v) is 7.43. The van der Waals surface area contributed by atoms with Gasteiger partial charge in [0.1, 0.15) is 5.82 Å². The summed E-state index contributed by atoms with van der Waals surface area (Å²) in [6.07, 6.45) is 6.65. The Bertz CT molecular complexity index is 432. The van der Waals surface area contributed by atoms with Gasteiger partial charge in [0.2, 0.25) is 5.91 Å². The molecule has 1 aromatic rings. The Balaban J connectivity index is 1.93. The van der Waals surface area contributed by atoms with Crippen LogP contribution in [0, 0.1) is 0 Å². The van der Waals surface area contributed by atoms with Crippen LogP contribution in [0.15, 0.2) is 18.3 Å². The van der Waals surface area contributed by atoms with Crippen molar-refractivity contribution >= 4 is 17.4 Å². The fraction of sp³-hybridized carbons (Fsp3) is 0.600. The molecule has 1 amide bonds. The third kappa shape index (κ3) is 3.93. The number of carbonyl (C=O) groups is 1. The molecule has 110 valence electrons. The number of rotatable bonds is 5. The summed E-state index contributed by atoms with van der Waals surface area (Å²) in [5.74, 6) is 0.994. The molecule has 0 aromatic carbocycles. The van der Waals surface area contributed by atoms with Crippen LogP contribution in [0.5, 0.6) is 0 Å². The molecule has 0 radical (unpaired) electrons. The Hall–Kier alpha value is -1.62. The third-order valence-corrected chi connectivity index (χ3v) is 3.74. The van der Waals surface area contributed by atoms with Gasteiger partial charge in [0.05, 0.1) is 11.9 Å². The zero-order valence-electron chi connectivity index (χ0n) is 12.1. The van der Waals surface area contributed by atoms with Gasteiger partial charge in [-0.25, -0.2) is 4.98 Å². The Labute approximate surface area is 120 Å². The number of piperidine rings is 1. The normalized spacial score (nSPS) is 18.9. The Morgan fingerprint density at radius 1 is 1.50 bits per heavy atom. The summed E-state index contributed by atoms with van der Waals surface area (Å²) in [7, 11) is 0. The summed E-state index contributed by atoms with van der Waals surface area (Å²) in [6.45, 7) is 3.84. The number of carbonyl (C=O) groups excluding carboxylic acids is 1. The van der Waals surface area contributed by atoms with E-state index in [2.05, 4.69) is 22.1 Å². The van der Waals surface area contributed by atoms with Gasteiger partial charge in [-0.1, -0.05) is 0 Å². The van der Waals surface area contributed by atoms with E-state index in [0.29, 0.717) is 25.4 Å². The number of aromatic nitrogens is 1. The van der Waals surface area contributed by atoms with E-state index in [1.54, 1.807) is 6.20 Å². The van der Waals surface area contributed by atoms with Gasteiger partial charge in [0.25, 0.3) is 0 Å². The highest BCUT2D eigenvalue weighted by atomic mass is 16.1. The van der Waals surface area contributed by atoms with Crippen molar-refractivity contribution < 1.29 is 4.79 Å². The minimum Gasteiger partial charge on any atom is -0.354 e. The molecule has 1 aliphatic rings. The zero-order valence-corrected chi connectivity index (χ0v) is 12.1. The Kier molecular flexibility index (Phi) is 5.35. The van der Waals surface area contributed by atoms with Gasteiger partial charge in [-0.2, -0.15) is 0 Å². The smallest absolute Gasteiger partial charge is 0.224 e. The predicted octanol–water partition coefficient (Wildman–Crippen LogP) is 2.14. The van der Waals surface area contributed by atoms with Crippen LogP contribution in [0.25, 0.3) is 0 Å². The molecule has 1 fully saturated rings. The van der Waals surface area contributed by atoms with Crippen molar-refractivity contribution in [3.8, 4) is 0 Å². The fourth-order valence-corrected chi connectivity index (χ4v) is 2.55. The molecule has 0 aliphatic carbocycles. The number of anilines is 2. The largest absolute Gasteiger partial charge is 0.354 e. The SMILES string of the molecule is CC1CCCCN1c1ccc(NC(=O)CCCN)cn1. The molecule has 1 atom stereocenters. The second kappa shape index (κ2) is 7.24. The maximum absolute atomic E-state index is 11.6. The number of hydrogen-bond donors (Lipinski definition) is 2. The monoisotopic (exact) mass is 276 g/mol. The van der Waals surface area contributed by atoms with Crippen LogP contribution in [0.2, 0.25) is 0 Å². The minimum atomic E-state index is -0.00339. The molecule has 0 spiro atoms. The molecule has 3 N–H and O–H groups in total. The summed E-state index contributed by atoms with van der Waals surface area (Å²) in [6, 6.07) is 4.45. The molecule has 0 saturated carbocycles. The van der Waals surface area contributed by atoms with Crippen LogP contribution in [-0.4, -0.2) is 30.0 Å². The fourth-order valence-electron chi connectivity index (χ4n) is 2.55. The highest BCUT2D eigenvalue weighted by Crippen LogP contribution is 2.23. The number of hydrogen-bond acceptors (Lipinski definition) is 4. The van der Waals surface area contributed by atoms with Gasteiger partial charge >= 0.3 is 0 Å². The van der Waals surface area contributed by atoms with E-state index < -0.39 is 0 Å². The van der Waals surface area contributed by atoms with Crippen molar-refractivity contribution in [2.45, 2.75) is 45.1 Å². The summed E-state index contributed by atoms with van der Waals surface area (Å²) in [5, 5.41) is 2.84. The van der Waals surface area contributed by atoms with Gasteiger partial charge in [0.15, 0.2) is 0 Å². The minimum absolute atomic E-state index is 0.00339. The standard InChI is InChI=1S/C15H24N4O/c1-12-5-2-3-10-19(12)14-8-7-13(11-17-14)18-15(20)6-4-9-16/h7-8,11-12H,2-6,9-10,16H2,1H3,(H,18,20). The summed E-state index contributed by atoms with van der Waals surface area (Å²) in [4.78, 5) is 18.4. The van der Waals surface area contributed by atoms with Crippen molar-refractivity contribution in [3.63, 3.8) is 0 Å². The number of pyridine rings is 1. The molecular weight excluding hydrogens is 252 g/mol. The average Bonchev–Trinajstić information content (AvgIpc) is 2.47. The van der Waals surface area contributed by atoms with Crippen molar-refractivity contribution in [2.24, 2.45) is 5.73 Å². The van der Waals surface area contributed by atoms with Gasteiger partial charge < -0.3 is 16.0 Å². The van der Waals surface area contributed by atoms with E-state index in [0.717, 1.165) is 18.1 Å². The molecule has 1 aliphatic heterocycles. The van der Waals surface area contributed by atoms with Crippen LogP contribution in [-0.2, 0) is 4.79 Å². The van der Waals surface area contributed by atoms with Crippen molar-refractivity contribution in [1.29, 1.82) is 0 Å². The molecule has 0 bridgehead atoms. The molecule has 2 heterocycles. The molecule has 1 aromatic heterocycles. The molecule has 20 heavy (non-hydrogen) atoms. The van der Waals surface area contributed by atoms with Crippen LogP contribution in [0.1, 0.15) is 39.0 Å². The van der Waals surface area contributed by atoms with Gasteiger partial charge in [-0.15, -0.1) is 0 Å². The van der Waals surface area contributed by atoms with E-state index in [9.17, 15) is 4.79 Å². The lowest BCUT2D eigenvalue weighted by Gasteiger charge is -2.34. The maximum atomic E-state index is 11.6. The van der Waals surface area contributed by atoms with Crippen LogP contribution in [0.4, 0.5) is 11.5 Å². The summed E-state index contributed by atoms with van der Waals surface area (Å²) < 4.78 is 0. The molecule has 5 heteroatoms. The lowest BCUT2D eigenvalue weighted by Crippen LogP contribution is -2.37. The van der Waals surface area contributed by atoms with E-state index in [1.165, 1.54) is 19.3 Å². The highest BCUT2D eigenvalue weighted by Gasteiger charge is 2.19. The molecular formula is C15H24N4O. The van der Waals surface area contributed by atoms with E-state index >= 15 is 0 Å². The molecule has 1 unspecified atom stereocenters. The van der Waals surface area contributed by atoms with Gasteiger partial charge in [-0.05, 0) is 51.3 Å². The Morgan fingerprint density at radius 3 is 3.00 bits per heavy atom. The zero-order chi connectivity index (χ0) is 14.4. The van der Waals surface area contributed by atoms with Crippen molar-refractivity contribution in [3.05, 3.63) is 18.3 Å². The van der Waals surface area contributed by atoms with Crippen LogP contribution < -0.4 is 16.0 Å². The number of amides is 1. The summed E-state index contributed by atoms with van der Waals surface area (Å²) in [5.41, 5.74) is 6.14. The molecule has 1 saturated heterocycles. The first-order chi connectivity index (χ1) is 9.70. The van der Waals surface area contributed by atoms with E-state index in [-0.39, 0.29) is 5.91 Å². The van der Waals surface area contributed by atoms with E-state index in [1.807, 2.05) is 12.1 Å². The van der Waals surface area contributed by atoms with Crippen LogP contribution >= 0.6 is 0 Å². The topological polar surface area (TPSA) is 71.2 Å². The number of nitrogens with two attached hydrogens (primary N) is 1.